The van der Waals surface area contributed by atoms with E-state index >= 15 is 0 Å². The number of nitrogens with one attached hydrogen (secondary N) is 2. The summed E-state index contributed by atoms with van der Waals surface area (Å²) in [5.74, 6) is -0.934. The second-order valence-corrected chi connectivity index (χ2v) is 8.70. The molecule has 0 spiro atoms. The van der Waals surface area contributed by atoms with Crippen LogP contribution in [0.25, 0.3) is 0 Å². The zero-order valence-corrected chi connectivity index (χ0v) is 19.5. The standard InChI is InChI=1S/C22H30F3N5O4/c1-13(2)10-29(18-19(26)30(11-14(3)4)21(33)28-20(18)32)12-17(31)27-9-15-7-5-6-8-16(15)34-22(23,24)25/h5-8,13-14H,9-12,26H2,1-4H3,(H,27,31)(H,28,32,33). The van der Waals surface area contributed by atoms with Crippen LogP contribution in [-0.2, 0) is 17.9 Å². The zero-order valence-electron chi connectivity index (χ0n) is 19.5. The van der Waals surface area contributed by atoms with Crippen LogP contribution in [0.2, 0.25) is 0 Å². The number of aromatic amines is 1. The molecule has 2 aromatic rings. The fraction of sp³-hybridized carbons (Fsp3) is 0.500. The van der Waals surface area contributed by atoms with Gasteiger partial charge in [0.25, 0.3) is 5.56 Å². The van der Waals surface area contributed by atoms with E-state index in [0.717, 1.165) is 6.07 Å². The fourth-order valence-electron chi connectivity index (χ4n) is 3.40. The fourth-order valence-corrected chi connectivity index (χ4v) is 3.40. The van der Waals surface area contributed by atoms with Gasteiger partial charge in [-0.3, -0.25) is 19.1 Å². The lowest BCUT2D eigenvalue weighted by Crippen LogP contribution is -2.44. The number of anilines is 2. The molecule has 1 aromatic carbocycles. The quantitative estimate of drug-likeness (QED) is 0.475. The number of para-hydroxylation sites is 1. The van der Waals surface area contributed by atoms with Gasteiger partial charge < -0.3 is 20.7 Å². The number of benzene rings is 1. The minimum atomic E-state index is -4.87. The molecule has 2 rings (SSSR count). The Morgan fingerprint density at radius 2 is 1.82 bits per heavy atom. The van der Waals surface area contributed by atoms with Gasteiger partial charge in [-0.05, 0) is 17.9 Å². The molecule has 1 aromatic heterocycles. The molecule has 1 amide bonds. The lowest BCUT2D eigenvalue weighted by molar-refractivity contribution is -0.274. The summed E-state index contributed by atoms with van der Waals surface area (Å²) in [6, 6.07) is 5.46. The maximum atomic E-state index is 12.7. The molecule has 0 aliphatic carbocycles. The van der Waals surface area contributed by atoms with Crippen molar-refractivity contribution in [2.75, 3.05) is 23.7 Å². The highest BCUT2D eigenvalue weighted by atomic mass is 19.4. The number of nitrogens with zero attached hydrogens (tertiary/aromatic N) is 2. The van der Waals surface area contributed by atoms with E-state index in [0.29, 0.717) is 0 Å². The van der Waals surface area contributed by atoms with Gasteiger partial charge in [0.2, 0.25) is 5.91 Å². The molecule has 1 heterocycles. The van der Waals surface area contributed by atoms with Crippen molar-refractivity contribution in [2.24, 2.45) is 11.8 Å². The van der Waals surface area contributed by atoms with Crippen molar-refractivity contribution in [1.82, 2.24) is 14.9 Å². The maximum absolute atomic E-state index is 12.7. The highest BCUT2D eigenvalue weighted by molar-refractivity contribution is 5.82. The number of alkyl halides is 3. The van der Waals surface area contributed by atoms with E-state index in [1.807, 2.05) is 27.7 Å². The topological polar surface area (TPSA) is 122 Å². The molecule has 188 valence electrons. The van der Waals surface area contributed by atoms with E-state index in [1.165, 1.54) is 27.7 Å². The number of nitrogens with two attached hydrogens (primary N) is 1. The first-order valence-electron chi connectivity index (χ1n) is 10.8. The van der Waals surface area contributed by atoms with Crippen LogP contribution >= 0.6 is 0 Å². The lowest BCUT2D eigenvalue weighted by Gasteiger charge is -2.27. The molecular weight excluding hydrogens is 455 g/mol. The highest BCUT2D eigenvalue weighted by Crippen LogP contribution is 2.26. The van der Waals surface area contributed by atoms with Crippen molar-refractivity contribution < 1.29 is 22.7 Å². The lowest BCUT2D eigenvalue weighted by atomic mass is 10.2. The van der Waals surface area contributed by atoms with Gasteiger partial charge in [0, 0.05) is 25.2 Å². The van der Waals surface area contributed by atoms with E-state index in [4.69, 9.17) is 5.73 Å². The first kappa shape index (κ1) is 26.8. The maximum Gasteiger partial charge on any atom is 0.573 e. The van der Waals surface area contributed by atoms with Crippen LogP contribution < -0.4 is 31.9 Å². The van der Waals surface area contributed by atoms with Crippen molar-refractivity contribution >= 4 is 17.4 Å². The molecule has 0 atom stereocenters. The van der Waals surface area contributed by atoms with Gasteiger partial charge in [-0.25, -0.2) is 4.79 Å². The number of halogens is 3. The Kier molecular flexibility index (Phi) is 8.77. The first-order chi connectivity index (χ1) is 15.8. The monoisotopic (exact) mass is 485 g/mol. The Hall–Kier alpha value is -3.44. The second-order valence-electron chi connectivity index (χ2n) is 8.70. The number of nitrogen functional groups attached to an aromatic ring is 1. The Labute approximate surface area is 194 Å². The number of rotatable bonds is 10. The SMILES string of the molecule is CC(C)CN(CC(=O)NCc1ccccc1OC(F)(F)F)c1c(N)n(CC(C)C)c(=O)[nH]c1=O. The number of aromatic nitrogens is 2. The number of amides is 1. The predicted octanol–water partition coefficient (Wildman–Crippen LogP) is 2.45. The second kappa shape index (κ2) is 11.1. The summed E-state index contributed by atoms with van der Waals surface area (Å²) >= 11 is 0. The summed E-state index contributed by atoms with van der Waals surface area (Å²) in [5.41, 5.74) is 4.93. The van der Waals surface area contributed by atoms with Crippen molar-refractivity contribution in [3.05, 3.63) is 50.7 Å². The minimum absolute atomic E-state index is 0.00935. The first-order valence-corrected chi connectivity index (χ1v) is 10.8. The van der Waals surface area contributed by atoms with E-state index in [-0.39, 0.29) is 55.1 Å². The number of ether oxygens (including phenoxy) is 1. The molecule has 0 aliphatic rings. The highest BCUT2D eigenvalue weighted by Gasteiger charge is 2.32. The van der Waals surface area contributed by atoms with Gasteiger partial charge >= 0.3 is 12.1 Å². The van der Waals surface area contributed by atoms with Crippen LogP contribution in [0.1, 0.15) is 33.3 Å². The Balaban J connectivity index is 2.27. The zero-order chi connectivity index (χ0) is 25.6. The van der Waals surface area contributed by atoms with Gasteiger partial charge in [-0.1, -0.05) is 45.9 Å². The third-order valence-corrected chi connectivity index (χ3v) is 4.67. The third-order valence-electron chi connectivity index (χ3n) is 4.67. The van der Waals surface area contributed by atoms with Crippen molar-refractivity contribution in [1.29, 1.82) is 0 Å². The molecule has 0 saturated carbocycles. The van der Waals surface area contributed by atoms with Gasteiger partial charge in [-0.15, -0.1) is 13.2 Å². The van der Waals surface area contributed by atoms with E-state index in [9.17, 15) is 27.6 Å². The van der Waals surface area contributed by atoms with Crippen LogP contribution in [0.5, 0.6) is 5.75 Å². The number of hydrogen-bond acceptors (Lipinski definition) is 6. The summed E-state index contributed by atoms with van der Waals surface area (Å²) in [6.45, 7) is 7.55. The molecule has 4 N–H and O–H groups in total. The molecule has 0 saturated heterocycles. The van der Waals surface area contributed by atoms with E-state index in [1.54, 1.807) is 0 Å². The molecular formula is C22H30F3N5O4. The van der Waals surface area contributed by atoms with Crippen LogP contribution in [0.4, 0.5) is 24.7 Å². The van der Waals surface area contributed by atoms with Crippen LogP contribution in [0.15, 0.2) is 33.9 Å². The Morgan fingerprint density at radius 1 is 1.18 bits per heavy atom. The van der Waals surface area contributed by atoms with E-state index < -0.39 is 29.3 Å². The number of carbonyl (C=O) groups is 1. The summed E-state index contributed by atoms with van der Waals surface area (Å²) in [4.78, 5) is 41.3. The molecule has 0 bridgehead atoms. The summed E-state index contributed by atoms with van der Waals surface area (Å²) in [7, 11) is 0. The average molecular weight is 486 g/mol. The van der Waals surface area contributed by atoms with Gasteiger partial charge in [0.1, 0.15) is 17.3 Å². The molecule has 12 heteroatoms. The average Bonchev–Trinajstić information content (AvgIpc) is 2.68. The summed E-state index contributed by atoms with van der Waals surface area (Å²) < 4.78 is 43.1. The Bertz CT molecular complexity index is 1110. The Morgan fingerprint density at radius 3 is 2.41 bits per heavy atom. The van der Waals surface area contributed by atoms with Gasteiger partial charge in [-0.2, -0.15) is 0 Å². The summed E-state index contributed by atoms with van der Waals surface area (Å²) in [6.07, 6.45) is -4.87. The van der Waals surface area contributed by atoms with Crippen LogP contribution in [-0.4, -0.2) is 34.9 Å². The molecule has 0 fully saturated rings. The smallest absolute Gasteiger partial charge is 0.405 e. The molecule has 0 radical (unpaired) electrons. The number of hydrogen-bond donors (Lipinski definition) is 3. The third kappa shape index (κ3) is 7.56. The minimum Gasteiger partial charge on any atom is -0.405 e. The van der Waals surface area contributed by atoms with Gasteiger partial charge in [0.15, 0.2) is 0 Å². The van der Waals surface area contributed by atoms with Crippen molar-refractivity contribution in [2.45, 2.75) is 47.1 Å². The normalized spacial score (nSPS) is 11.7. The molecule has 0 unspecified atom stereocenters. The van der Waals surface area contributed by atoms with Gasteiger partial charge in [0.05, 0.1) is 6.54 Å². The largest absolute Gasteiger partial charge is 0.573 e. The van der Waals surface area contributed by atoms with E-state index in [2.05, 4.69) is 15.0 Å². The summed E-state index contributed by atoms with van der Waals surface area (Å²) in [5, 5.41) is 2.55. The van der Waals surface area contributed by atoms with Crippen LogP contribution in [0, 0.1) is 11.8 Å². The molecule has 34 heavy (non-hydrogen) atoms. The molecule has 9 nitrogen and oxygen atoms in total. The van der Waals surface area contributed by atoms with Crippen molar-refractivity contribution in [3.63, 3.8) is 0 Å². The van der Waals surface area contributed by atoms with Crippen LogP contribution in [0.3, 0.4) is 0 Å². The van der Waals surface area contributed by atoms with Crippen molar-refractivity contribution in [3.8, 4) is 5.75 Å². The number of H-pyrrole nitrogens is 1. The molecule has 0 aliphatic heterocycles. The predicted molar refractivity (Wildman–Crippen MR) is 123 cm³/mol. The number of carbonyl (C=O) groups excluding carboxylic acids is 1.